The van der Waals surface area contributed by atoms with Gasteiger partial charge in [0.25, 0.3) is 0 Å². The Kier molecular flexibility index (Phi) is 9.91. The summed E-state index contributed by atoms with van der Waals surface area (Å²) >= 11 is 25.6. The standard InChI is InChI=1S/C19H20Cl4N2O3S2/c1-30(27,28)25(18-10-16(22)15(21)9-17(18)23)11-19(26)24-7-2-8-29-12-13-3-5-14(20)6-4-13/h3-6,9-10H,2,7-8,11-12H2,1H3,(H,24,26). The van der Waals surface area contributed by atoms with Crippen LogP contribution in [0.4, 0.5) is 5.69 Å². The molecule has 5 nitrogen and oxygen atoms in total. The second kappa shape index (κ2) is 11.7. The fourth-order valence-corrected chi connectivity index (χ4v) is 5.04. The number of amides is 1. The highest BCUT2D eigenvalue weighted by molar-refractivity contribution is 7.98. The van der Waals surface area contributed by atoms with E-state index in [1.807, 2.05) is 24.3 Å². The van der Waals surface area contributed by atoms with Crippen LogP contribution in [0.2, 0.25) is 20.1 Å². The second-order valence-electron chi connectivity index (χ2n) is 6.37. The van der Waals surface area contributed by atoms with Crippen molar-refractivity contribution in [2.45, 2.75) is 12.2 Å². The van der Waals surface area contributed by atoms with Crippen LogP contribution in [0.15, 0.2) is 36.4 Å². The lowest BCUT2D eigenvalue weighted by Crippen LogP contribution is -2.40. The Hall–Kier alpha value is -0.830. The first-order valence-corrected chi connectivity index (χ1v) is 13.3. The van der Waals surface area contributed by atoms with Gasteiger partial charge < -0.3 is 5.32 Å². The fourth-order valence-electron chi connectivity index (χ4n) is 2.44. The molecule has 0 saturated heterocycles. The molecule has 0 aromatic heterocycles. The predicted molar refractivity (Wildman–Crippen MR) is 129 cm³/mol. The quantitative estimate of drug-likeness (QED) is 0.325. The van der Waals surface area contributed by atoms with Crippen molar-refractivity contribution in [1.82, 2.24) is 5.32 Å². The van der Waals surface area contributed by atoms with Crippen LogP contribution in [0, 0.1) is 0 Å². The molecule has 2 aromatic carbocycles. The topological polar surface area (TPSA) is 66.5 Å². The van der Waals surface area contributed by atoms with Crippen LogP contribution in [0.1, 0.15) is 12.0 Å². The summed E-state index contributed by atoms with van der Waals surface area (Å²) in [6.07, 6.45) is 1.74. The molecule has 0 aliphatic carbocycles. The van der Waals surface area contributed by atoms with Gasteiger partial charge in [0.2, 0.25) is 15.9 Å². The first-order valence-electron chi connectivity index (χ1n) is 8.79. The van der Waals surface area contributed by atoms with E-state index in [0.717, 1.165) is 28.5 Å². The van der Waals surface area contributed by atoms with E-state index in [2.05, 4.69) is 5.32 Å². The first-order chi connectivity index (χ1) is 14.1. The number of benzene rings is 2. The number of nitrogens with one attached hydrogen (secondary N) is 1. The lowest BCUT2D eigenvalue weighted by Gasteiger charge is -2.23. The SMILES string of the molecule is CS(=O)(=O)N(CC(=O)NCCCSCc1ccc(Cl)cc1)c1cc(Cl)c(Cl)cc1Cl. The maximum atomic E-state index is 12.3. The minimum Gasteiger partial charge on any atom is -0.354 e. The third-order valence-electron chi connectivity index (χ3n) is 3.92. The number of carbonyl (C=O) groups excluding carboxylic acids is 1. The van der Waals surface area contributed by atoms with Gasteiger partial charge in [-0.25, -0.2) is 8.42 Å². The Morgan fingerprint density at radius 1 is 1.03 bits per heavy atom. The van der Waals surface area contributed by atoms with Crippen molar-refractivity contribution >= 4 is 79.8 Å². The highest BCUT2D eigenvalue weighted by atomic mass is 35.5. The first kappa shape index (κ1) is 25.4. The van der Waals surface area contributed by atoms with E-state index in [1.54, 1.807) is 11.8 Å². The average Bonchev–Trinajstić information content (AvgIpc) is 2.66. The summed E-state index contributed by atoms with van der Waals surface area (Å²) in [6, 6.07) is 10.3. The predicted octanol–water partition coefficient (Wildman–Crippen LogP) is 5.51. The molecule has 0 bridgehead atoms. The minimum atomic E-state index is -3.77. The Morgan fingerprint density at radius 2 is 1.67 bits per heavy atom. The normalized spacial score (nSPS) is 11.4. The molecule has 0 fully saturated rings. The van der Waals surface area contributed by atoms with Crippen LogP contribution in [0.3, 0.4) is 0 Å². The summed E-state index contributed by atoms with van der Waals surface area (Å²) < 4.78 is 25.3. The fraction of sp³-hybridized carbons (Fsp3) is 0.316. The Balaban J connectivity index is 1.84. The third kappa shape index (κ3) is 8.02. The summed E-state index contributed by atoms with van der Waals surface area (Å²) in [4.78, 5) is 12.3. The number of anilines is 1. The zero-order chi connectivity index (χ0) is 22.3. The highest BCUT2D eigenvalue weighted by Gasteiger charge is 2.24. The lowest BCUT2D eigenvalue weighted by atomic mass is 10.2. The molecule has 0 atom stereocenters. The lowest BCUT2D eigenvalue weighted by molar-refractivity contribution is -0.119. The van der Waals surface area contributed by atoms with Crippen molar-refractivity contribution in [2.24, 2.45) is 0 Å². The molecule has 30 heavy (non-hydrogen) atoms. The Morgan fingerprint density at radius 3 is 2.30 bits per heavy atom. The highest BCUT2D eigenvalue weighted by Crippen LogP contribution is 2.35. The van der Waals surface area contributed by atoms with Crippen molar-refractivity contribution in [1.29, 1.82) is 0 Å². The Bertz CT molecular complexity index is 986. The van der Waals surface area contributed by atoms with Crippen LogP contribution in [-0.4, -0.2) is 39.4 Å². The molecular weight excluding hydrogens is 510 g/mol. The number of hydrogen-bond acceptors (Lipinski definition) is 4. The van der Waals surface area contributed by atoms with Crippen LogP contribution < -0.4 is 9.62 Å². The molecule has 0 saturated carbocycles. The van der Waals surface area contributed by atoms with Crippen molar-refractivity contribution in [3.05, 3.63) is 62.1 Å². The molecule has 0 heterocycles. The number of halogens is 4. The average molecular weight is 530 g/mol. The van der Waals surface area contributed by atoms with Gasteiger partial charge in [0.05, 0.1) is 27.0 Å². The maximum Gasteiger partial charge on any atom is 0.240 e. The third-order valence-corrected chi connectivity index (χ3v) is 7.43. The molecule has 1 amide bonds. The number of carbonyl (C=O) groups is 1. The van der Waals surface area contributed by atoms with Gasteiger partial charge in [0.15, 0.2) is 0 Å². The zero-order valence-electron chi connectivity index (χ0n) is 16.0. The van der Waals surface area contributed by atoms with E-state index in [-0.39, 0.29) is 20.8 Å². The van der Waals surface area contributed by atoms with Gasteiger partial charge in [-0.15, -0.1) is 0 Å². The number of hydrogen-bond donors (Lipinski definition) is 1. The summed E-state index contributed by atoms with van der Waals surface area (Å²) in [7, 11) is -3.77. The number of thioether (sulfide) groups is 1. The second-order valence-corrected chi connectivity index (χ2v) is 11.0. The molecule has 2 aromatic rings. The van der Waals surface area contributed by atoms with Crippen LogP contribution in [-0.2, 0) is 20.6 Å². The van der Waals surface area contributed by atoms with Gasteiger partial charge in [-0.05, 0) is 42.0 Å². The van der Waals surface area contributed by atoms with Crippen molar-refractivity contribution < 1.29 is 13.2 Å². The smallest absolute Gasteiger partial charge is 0.240 e. The summed E-state index contributed by atoms with van der Waals surface area (Å²) in [6.45, 7) is 0.0214. The van der Waals surface area contributed by atoms with Crippen LogP contribution in [0.5, 0.6) is 0 Å². The summed E-state index contributed by atoms with van der Waals surface area (Å²) in [5.41, 5.74) is 1.28. The van der Waals surface area contributed by atoms with Gasteiger partial charge in [-0.3, -0.25) is 9.10 Å². The monoisotopic (exact) mass is 528 g/mol. The van der Waals surface area contributed by atoms with E-state index < -0.39 is 22.5 Å². The van der Waals surface area contributed by atoms with Crippen molar-refractivity contribution in [3.8, 4) is 0 Å². The molecule has 0 unspecified atom stereocenters. The molecule has 0 spiro atoms. The Labute approximate surface area is 201 Å². The molecule has 164 valence electrons. The van der Waals surface area contributed by atoms with Crippen molar-refractivity contribution in [2.75, 3.05) is 29.4 Å². The van der Waals surface area contributed by atoms with E-state index in [0.29, 0.717) is 11.6 Å². The largest absolute Gasteiger partial charge is 0.354 e. The molecular formula is C19H20Cl4N2O3S2. The number of rotatable bonds is 10. The van der Waals surface area contributed by atoms with Crippen LogP contribution in [0.25, 0.3) is 0 Å². The number of nitrogens with zero attached hydrogens (tertiary/aromatic N) is 1. The van der Waals surface area contributed by atoms with E-state index in [4.69, 9.17) is 46.4 Å². The summed E-state index contributed by atoms with van der Waals surface area (Å²) in [5, 5.41) is 3.85. The summed E-state index contributed by atoms with van der Waals surface area (Å²) in [5.74, 6) is 1.25. The van der Waals surface area contributed by atoms with E-state index >= 15 is 0 Å². The van der Waals surface area contributed by atoms with Gasteiger partial charge >= 0.3 is 0 Å². The van der Waals surface area contributed by atoms with E-state index in [9.17, 15) is 13.2 Å². The minimum absolute atomic E-state index is 0.0845. The molecule has 0 radical (unpaired) electrons. The number of sulfonamides is 1. The molecule has 0 aliphatic heterocycles. The van der Waals surface area contributed by atoms with Crippen LogP contribution >= 0.6 is 58.2 Å². The molecule has 0 aliphatic rings. The molecule has 11 heteroatoms. The van der Waals surface area contributed by atoms with Gasteiger partial charge in [-0.1, -0.05) is 58.5 Å². The van der Waals surface area contributed by atoms with Gasteiger partial charge in [0, 0.05) is 17.3 Å². The zero-order valence-corrected chi connectivity index (χ0v) is 20.7. The molecule has 1 N–H and O–H groups in total. The van der Waals surface area contributed by atoms with Gasteiger partial charge in [0.1, 0.15) is 6.54 Å². The van der Waals surface area contributed by atoms with Crippen molar-refractivity contribution in [3.63, 3.8) is 0 Å². The maximum absolute atomic E-state index is 12.3. The van der Waals surface area contributed by atoms with Gasteiger partial charge in [-0.2, -0.15) is 11.8 Å². The molecule has 2 rings (SSSR count). The van der Waals surface area contributed by atoms with E-state index in [1.165, 1.54) is 17.7 Å².